The third kappa shape index (κ3) is 4.17. The zero-order chi connectivity index (χ0) is 15.9. The summed E-state index contributed by atoms with van der Waals surface area (Å²) in [7, 11) is 0. The van der Waals surface area contributed by atoms with E-state index in [2.05, 4.69) is 10.6 Å². The highest BCUT2D eigenvalue weighted by Gasteiger charge is 2.27. The lowest BCUT2D eigenvalue weighted by Gasteiger charge is -2.19. The molecule has 7 heteroatoms. The van der Waals surface area contributed by atoms with E-state index < -0.39 is 4.92 Å². The van der Waals surface area contributed by atoms with Crippen LogP contribution in [-0.4, -0.2) is 30.0 Å². The summed E-state index contributed by atoms with van der Waals surface area (Å²) >= 11 is 0. The monoisotopic (exact) mass is 306 g/mol. The summed E-state index contributed by atoms with van der Waals surface area (Å²) in [5.74, 6) is 0.323. The Bertz CT molecular complexity index is 535. The molecule has 0 bridgehead atoms. The number of anilines is 1. The van der Waals surface area contributed by atoms with E-state index in [1.54, 1.807) is 18.2 Å². The first-order chi connectivity index (χ1) is 10.6. The van der Waals surface area contributed by atoms with E-state index in [1.807, 2.05) is 0 Å². The molecule has 1 amide bonds. The first-order valence-electron chi connectivity index (χ1n) is 7.58. The van der Waals surface area contributed by atoms with Crippen LogP contribution in [-0.2, 0) is 4.79 Å². The molecule has 2 rings (SSSR count). The van der Waals surface area contributed by atoms with Gasteiger partial charge in [0, 0.05) is 25.1 Å². The number of nitro benzene ring substituents is 1. The second kappa shape index (κ2) is 7.74. The largest absolute Gasteiger partial charge is 0.379 e. The molecule has 0 aromatic heterocycles. The molecule has 7 nitrogen and oxygen atoms in total. The fourth-order valence-electron chi connectivity index (χ4n) is 2.88. The predicted octanol–water partition coefficient (Wildman–Crippen LogP) is 1.64. The molecule has 0 aliphatic heterocycles. The summed E-state index contributed by atoms with van der Waals surface area (Å²) in [5, 5.41) is 16.9. The molecule has 2 unspecified atom stereocenters. The van der Waals surface area contributed by atoms with Crippen LogP contribution in [0.4, 0.5) is 11.4 Å². The van der Waals surface area contributed by atoms with Crippen LogP contribution in [0.5, 0.6) is 0 Å². The van der Waals surface area contributed by atoms with Crippen LogP contribution in [0, 0.1) is 16.0 Å². The maximum absolute atomic E-state index is 11.9. The lowest BCUT2D eigenvalue weighted by atomic mass is 10.0. The van der Waals surface area contributed by atoms with Crippen molar-refractivity contribution in [2.75, 3.05) is 18.4 Å². The molecule has 1 saturated carbocycles. The van der Waals surface area contributed by atoms with Crippen molar-refractivity contribution >= 4 is 17.3 Å². The Morgan fingerprint density at radius 3 is 2.86 bits per heavy atom. The van der Waals surface area contributed by atoms with Gasteiger partial charge in [-0.15, -0.1) is 0 Å². The molecule has 1 aliphatic rings. The second-order valence-corrected chi connectivity index (χ2v) is 5.55. The molecule has 22 heavy (non-hydrogen) atoms. The number of hydrogen-bond acceptors (Lipinski definition) is 5. The Labute approximate surface area is 129 Å². The van der Waals surface area contributed by atoms with Crippen LogP contribution < -0.4 is 16.4 Å². The zero-order valence-electron chi connectivity index (χ0n) is 12.5. The van der Waals surface area contributed by atoms with Gasteiger partial charge in [-0.3, -0.25) is 14.9 Å². The number of carbonyl (C=O) groups is 1. The summed E-state index contributed by atoms with van der Waals surface area (Å²) in [6.07, 6.45) is 3.42. The molecule has 1 aromatic carbocycles. The summed E-state index contributed by atoms with van der Waals surface area (Å²) < 4.78 is 0. The number of amides is 1. The van der Waals surface area contributed by atoms with Crippen molar-refractivity contribution < 1.29 is 9.72 Å². The van der Waals surface area contributed by atoms with Crippen molar-refractivity contribution in [3.05, 3.63) is 34.4 Å². The standard InChI is InChI=1S/C15H22N4O3/c16-10-11-4-3-6-12(11)18-15(20)8-9-17-13-5-1-2-7-14(13)19(21)22/h1-2,5,7,11-12,17H,3-4,6,8-10,16H2,(H,18,20). The number of nitrogens with one attached hydrogen (secondary N) is 2. The molecule has 0 heterocycles. The maximum Gasteiger partial charge on any atom is 0.292 e. The smallest absolute Gasteiger partial charge is 0.292 e. The molecular formula is C15H22N4O3. The van der Waals surface area contributed by atoms with Gasteiger partial charge in [0.1, 0.15) is 5.69 Å². The molecule has 120 valence electrons. The Kier molecular flexibility index (Phi) is 5.71. The number of nitro groups is 1. The summed E-state index contributed by atoms with van der Waals surface area (Å²) in [5.41, 5.74) is 6.14. The van der Waals surface area contributed by atoms with E-state index in [9.17, 15) is 14.9 Å². The molecule has 0 saturated heterocycles. The third-order valence-corrected chi connectivity index (χ3v) is 4.08. The molecule has 0 spiro atoms. The van der Waals surface area contributed by atoms with Gasteiger partial charge in [0.15, 0.2) is 0 Å². The van der Waals surface area contributed by atoms with E-state index in [4.69, 9.17) is 5.73 Å². The van der Waals surface area contributed by atoms with Crippen LogP contribution in [0.25, 0.3) is 0 Å². The van der Waals surface area contributed by atoms with Crippen LogP contribution in [0.2, 0.25) is 0 Å². The van der Waals surface area contributed by atoms with Gasteiger partial charge >= 0.3 is 0 Å². The number of benzene rings is 1. The first-order valence-corrected chi connectivity index (χ1v) is 7.58. The number of nitrogens with two attached hydrogens (primary N) is 1. The van der Waals surface area contributed by atoms with Gasteiger partial charge < -0.3 is 16.4 Å². The van der Waals surface area contributed by atoms with Crippen molar-refractivity contribution in [3.8, 4) is 0 Å². The normalized spacial score (nSPS) is 20.6. The highest BCUT2D eigenvalue weighted by atomic mass is 16.6. The lowest BCUT2D eigenvalue weighted by molar-refractivity contribution is -0.384. The molecule has 1 fully saturated rings. The summed E-state index contributed by atoms with van der Waals surface area (Å²) in [4.78, 5) is 22.4. The number of carbonyl (C=O) groups excluding carboxylic acids is 1. The van der Waals surface area contributed by atoms with Gasteiger partial charge in [-0.2, -0.15) is 0 Å². The van der Waals surface area contributed by atoms with Crippen molar-refractivity contribution in [3.63, 3.8) is 0 Å². The number of rotatable bonds is 7. The van der Waals surface area contributed by atoms with Crippen molar-refractivity contribution in [2.45, 2.75) is 31.7 Å². The number of hydrogen-bond donors (Lipinski definition) is 3. The first kappa shape index (κ1) is 16.2. The Morgan fingerprint density at radius 1 is 1.36 bits per heavy atom. The van der Waals surface area contributed by atoms with Gasteiger partial charge in [0.2, 0.25) is 5.91 Å². The minimum atomic E-state index is -0.438. The third-order valence-electron chi connectivity index (χ3n) is 4.08. The topological polar surface area (TPSA) is 110 Å². The summed E-state index contributed by atoms with van der Waals surface area (Å²) in [6, 6.07) is 6.58. The minimum Gasteiger partial charge on any atom is -0.379 e. The summed E-state index contributed by atoms with van der Waals surface area (Å²) in [6.45, 7) is 0.954. The van der Waals surface area contributed by atoms with Gasteiger partial charge in [-0.1, -0.05) is 18.6 Å². The van der Waals surface area contributed by atoms with E-state index >= 15 is 0 Å². The van der Waals surface area contributed by atoms with Crippen molar-refractivity contribution in [1.29, 1.82) is 0 Å². The molecule has 4 N–H and O–H groups in total. The minimum absolute atomic E-state index is 0.0156. The molecule has 1 aromatic rings. The van der Waals surface area contributed by atoms with Crippen LogP contribution in [0.15, 0.2) is 24.3 Å². The van der Waals surface area contributed by atoms with Crippen LogP contribution in [0.1, 0.15) is 25.7 Å². The van der Waals surface area contributed by atoms with E-state index in [0.717, 1.165) is 19.3 Å². The van der Waals surface area contributed by atoms with Crippen molar-refractivity contribution in [2.24, 2.45) is 11.7 Å². The van der Waals surface area contributed by atoms with Crippen molar-refractivity contribution in [1.82, 2.24) is 5.32 Å². The Balaban J connectivity index is 1.79. The Hall–Kier alpha value is -2.15. The molecule has 2 atom stereocenters. The Morgan fingerprint density at radius 2 is 2.14 bits per heavy atom. The van der Waals surface area contributed by atoms with Gasteiger partial charge in [-0.05, 0) is 31.4 Å². The lowest BCUT2D eigenvalue weighted by Crippen LogP contribution is -2.40. The number of nitrogens with zero attached hydrogens (tertiary/aromatic N) is 1. The SMILES string of the molecule is NCC1CCCC1NC(=O)CCNc1ccccc1[N+](=O)[O-]. The quantitative estimate of drug-likeness (QED) is 0.524. The molecular weight excluding hydrogens is 284 g/mol. The fourth-order valence-corrected chi connectivity index (χ4v) is 2.88. The van der Waals surface area contributed by atoms with Gasteiger partial charge in [0.25, 0.3) is 5.69 Å². The van der Waals surface area contributed by atoms with Crippen LogP contribution in [0.3, 0.4) is 0 Å². The van der Waals surface area contributed by atoms with E-state index in [1.165, 1.54) is 6.07 Å². The average Bonchev–Trinajstić information content (AvgIpc) is 2.94. The molecule has 0 radical (unpaired) electrons. The predicted molar refractivity (Wildman–Crippen MR) is 84.5 cm³/mol. The molecule has 1 aliphatic carbocycles. The van der Waals surface area contributed by atoms with Crippen LogP contribution >= 0.6 is 0 Å². The van der Waals surface area contributed by atoms with Gasteiger partial charge in [-0.25, -0.2) is 0 Å². The second-order valence-electron chi connectivity index (χ2n) is 5.55. The zero-order valence-corrected chi connectivity index (χ0v) is 12.5. The average molecular weight is 306 g/mol. The fraction of sp³-hybridized carbons (Fsp3) is 0.533. The van der Waals surface area contributed by atoms with E-state index in [0.29, 0.717) is 24.7 Å². The maximum atomic E-state index is 11.9. The number of para-hydroxylation sites is 2. The highest BCUT2D eigenvalue weighted by Crippen LogP contribution is 2.25. The highest BCUT2D eigenvalue weighted by molar-refractivity contribution is 5.77. The van der Waals surface area contributed by atoms with Gasteiger partial charge in [0.05, 0.1) is 4.92 Å². The van der Waals surface area contributed by atoms with E-state index in [-0.39, 0.29) is 24.1 Å².